The number of para-hydroxylation sites is 2. The van der Waals surface area contributed by atoms with Gasteiger partial charge in [0.1, 0.15) is 0 Å². The Balaban J connectivity index is 1.38. The number of amidine groups is 1. The zero-order chi connectivity index (χ0) is 23.0. The van der Waals surface area contributed by atoms with Crippen LogP contribution in [0.3, 0.4) is 0 Å². The second-order valence-corrected chi connectivity index (χ2v) is 8.47. The third-order valence-corrected chi connectivity index (χ3v) is 6.00. The van der Waals surface area contributed by atoms with Crippen molar-refractivity contribution < 1.29 is 4.79 Å². The van der Waals surface area contributed by atoms with E-state index in [0.717, 1.165) is 48.8 Å². The minimum Gasteiger partial charge on any atom is -0.378 e. The second kappa shape index (κ2) is 10.8. The van der Waals surface area contributed by atoms with Crippen molar-refractivity contribution in [2.75, 3.05) is 36.4 Å². The fourth-order valence-electron chi connectivity index (χ4n) is 3.46. The molecule has 2 heterocycles. The van der Waals surface area contributed by atoms with Gasteiger partial charge in [-0.25, -0.2) is 4.99 Å². The second-order valence-electron chi connectivity index (χ2n) is 7.58. The van der Waals surface area contributed by atoms with Gasteiger partial charge in [-0.05, 0) is 30.0 Å². The number of benzene rings is 2. The number of piperazine rings is 1. The molecule has 8 nitrogen and oxygen atoms in total. The van der Waals surface area contributed by atoms with Crippen LogP contribution in [0, 0.1) is 0 Å². The number of thioether (sulfide) groups is 1. The predicted molar refractivity (Wildman–Crippen MR) is 137 cm³/mol. The number of carbonyl (C=O) groups excluding carboxylic acids is 1. The Morgan fingerprint density at radius 3 is 2.67 bits per heavy atom. The van der Waals surface area contributed by atoms with Gasteiger partial charge in [-0.3, -0.25) is 9.89 Å². The molecule has 0 aliphatic carbocycles. The number of rotatable bonds is 6. The van der Waals surface area contributed by atoms with Crippen molar-refractivity contribution in [2.45, 2.75) is 6.92 Å². The first-order valence-corrected chi connectivity index (χ1v) is 11.6. The van der Waals surface area contributed by atoms with E-state index in [1.54, 1.807) is 12.3 Å². The molecule has 0 spiro atoms. The maximum Gasteiger partial charge on any atom is 0.251 e. The Morgan fingerprint density at radius 1 is 1.15 bits per heavy atom. The minimum absolute atomic E-state index is 0.177. The molecule has 5 N–H and O–H groups in total. The number of aromatic nitrogens is 2. The number of carbonyl (C=O) groups is 1. The summed E-state index contributed by atoms with van der Waals surface area (Å²) in [5, 5.41) is 15.5. The fraction of sp³-hybridized carbons (Fsp3) is 0.208. The topological polar surface area (TPSA) is 111 Å². The Bertz CT molecular complexity index is 1150. The number of nitrogens with zero attached hydrogens (tertiary/aromatic N) is 3. The van der Waals surface area contributed by atoms with E-state index in [1.807, 2.05) is 60.7 Å². The van der Waals surface area contributed by atoms with E-state index in [1.165, 1.54) is 11.8 Å². The largest absolute Gasteiger partial charge is 0.378 e. The summed E-state index contributed by atoms with van der Waals surface area (Å²) < 4.78 is 0. The molecule has 1 saturated heterocycles. The lowest BCUT2D eigenvalue weighted by Gasteiger charge is -2.31. The highest BCUT2D eigenvalue weighted by atomic mass is 32.2. The standard InChI is InChI=1S/C24H27N7OS/c1-17(23(32)27-19-9-5-6-10-21(19)31-13-11-26-12-14-31)16-33-24(25)28-22-15-20(29-30-22)18-7-3-2-4-8-18/h2-10,15-16,26H,11-14H2,1H3,(H,27,32)(H3,25,28,29,30)/b17-16+. The number of H-pyrrole nitrogens is 1. The zero-order valence-corrected chi connectivity index (χ0v) is 19.2. The highest BCUT2D eigenvalue weighted by Gasteiger charge is 2.15. The molecule has 170 valence electrons. The van der Waals surface area contributed by atoms with Gasteiger partial charge in [0, 0.05) is 37.8 Å². The lowest BCUT2D eigenvalue weighted by Crippen LogP contribution is -2.43. The number of aromatic amines is 1. The van der Waals surface area contributed by atoms with Crippen LogP contribution in [0.15, 0.2) is 76.6 Å². The summed E-state index contributed by atoms with van der Waals surface area (Å²) in [7, 11) is 0. The quantitative estimate of drug-likeness (QED) is 0.253. The fourth-order valence-corrected chi connectivity index (χ4v) is 4.01. The van der Waals surface area contributed by atoms with Crippen molar-refractivity contribution >= 4 is 40.0 Å². The summed E-state index contributed by atoms with van der Waals surface area (Å²) in [4.78, 5) is 19.4. The molecule has 9 heteroatoms. The summed E-state index contributed by atoms with van der Waals surface area (Å²) in [6.45, 7) is 5.43. The van der Waals surface area contributed by atoms with Gasteiger partial charge in [0.15, 0.2) is 11.0 Å². The first-order chi connectivity index (χ1) is 16.1. The van der Waals surface area contributed by atoms with Crippen molar-refractivity contribution in [1.29, 1.82) is 0 Å². The number of anilines is 2. The molecule has 3 aromatic rings. The van der Waals surface area contributed by atoms with Crippen molar-refractivity contribution in [2.24, 2.45) is 10.7 Å². The molecule has 2 aromatic carbocycles. The summed E-state index contributed by atoms with van der Waals surface area (Å²) in [5.41, 5.74) is 10.3. The number of nitrogens with one attached hydrogen (secondary N) is 3. The first kappa shape index (κ1) is 22.6. The van der Waals surface area contributed by atoms with Gasteiger partial charge in [0.25, 0.3) is 5.91 Å². The lowest BCUT2D eigenvalue weighted by molar-refractivity contribution is -0.112. The van der Waals surface area contributed by atoms with Crippen LogP contribution in [0.25, 0.3) is 11.3 Å². The molecule has 1 aromatic heterocycles. The SMILES string of the molecule is C/C(=C\SC(N)=Nc1cc(-c2ccccc2)[nH]n1)C(=O)Nc1ccccc1N1CCNCC1. The van der Waals surface area contributed by atoms with E-state index in [4.69, 9.17) is 5.73 Å². The zero-order valence-electron chi connectivity index (χ0n) is 18.4. The molecule has 1 fully saturated rings. The molecular weight excluding hydrogens is 434 g/mol. The van der Waals surface area contributed by atoms with Crippen LogP contribution in [0.2, 0.25) is 0 Å². The smallest absolute Gasteiger partial charge is 0.251 e. The summed E-state index contributed by atoms with van der Waals surface area (Å²) in [5.74, 6) is 0.309. The third kappa shape index (κ3) is 6.03. The average Bonchev–Trinajstić information content (AvgIpc) is 3.32. The van der Waals surface area contributed by atoms with E-state index in [0.29, 0.717) is 16.6 Å². The van der Waals surface area contributed by atoms with Crippen LogP contribution in [0.4, 0.5) is 17.2 Å². The van der Waals surface area contributed by atoms with Gasteiger partial charge in [0.2, 0.25) is 0 Å². The van der Waals surface area contributed by atoms with Crippen LogP contribution in [0.1, 0.15) is 6.92 Å². The predicted octanol–water partition coefficient (Wildman–Crippen LogP) is 3.71. The molecule has 0 unspecified atom stereocenters. The molecule has 0 bridgehead atoms. The van der Waals surface area contributed by atoms with Gasteiger partial charge in [0.05, 0.1) is 17.1 Å². The number of amides is 1. The van der Waals surface area contributed by atoms with E-state index < -0.39 is 0 Å². The van der Waals surface area contributed by atoms with E-state index in [2.05, 4.69) is 30.7 Å². The number of hydrogen-bond acceptors (Lipinski definition) is 6. The average molecular weight is 462 g/mol. The molecule has 1 amide bonds. The monoisotopic (exact) mass is 461 g/mol. The van der Waals surface area contributed by atoms with Crippen molar-refractivity contribution in [3.05, 3.63) is 71.6 Å². The van der Waals surface area contributed by atoms with E-state index in [-0.39, 0.29) is 5.91 Å². The Kier molecular flexibility index (Phi) is 7.43. The maximum atomic E-state index is 12.8. The molecule has 0 saturated carbocycles. The molecular formula is C24H27N7OS. The normalized spacial score (nSPS) is 14.9. The summed E-state index contributed by atoms with van der Waals surface area (Å²) in [6.07, 6.45) is 0. The van der Waals surface area contributed by atoms with Crippen LogP contribution in [0.5, 0.6) is 0 Å². The third-order valence-electron chi connectivity index (χ3n) is 5.20. The minimum atomic E-state index is -0.177. The number of aliphatic imine (C=N–C) groups is 1. The maximum absolute atomic E-state index is 12.8. The first-order valence-electron chi connectivity index (χ1n) is 10.7. The molecule has 1 aliphatic rings. The Hall–Kier alpha value is -3.56. The molecule has 4 rings (SSSR count). The van der Waals surface area contributed by atoms with Gasteiger partial charge in [-0.2, -0.15) is 5.10 Å². The van der Waals surface area contributed by atoms with Crippen LogP contribution >= 0.6 is 11.8 Å². The molecule has 0 atom stereocenters. The Morgan fingerprint density at radius 2 is 1.88 bits per heavy atom. The number of hydrogen-bond donors (Lipinski definition) is 4. The highest BCUT2D eigenvalue weighted by Crippen LogP contribution is 2.27. The van der Waals surface area contributed by atoms with Gasteiger partial charge < -0.3 is 21.3 Å². The van der Waals surface area contributed by atoms with E-state index >= 15 is 0 Å². The Labute approximate surface area is 197 Å². The molecule has 0 radical (unpaired) electrons. The van der Waals surface area contributed by atoms with Crippen LogP contribution in [-0.4, -0.2) is 47.5 Å². The van der Waals surface area contributed by atoms with Crippen LogP contribution in [-0.2, 0) is 4.79 Å². The molecule has 1 aliphatic heterocycles. The lowest BCUT2D eigenvalue weighted by atomic mass is 10.2. The summed E-state index contributed by atoms with van der Waals surface area (Å²) in [6, 6.07) is 19.6. The number of nitrogens with two attached hydrogens (primary N) is 1. The van der Waals surface area contributed by atoms with Gasteiger partial charge >= 0.3 is 0 Å². The highest BCUT2D eigenvalue weighted by molar-refractivity contribution is 8.16. The van der Waals surface area contributed by atoms with Crippen molar-refractivity contribution in [1.82, 2.24) is 15.5 Å². The van der Waals surface area contributed by atoms with Crippen LogP contribution < -0.4 is 21.3 Å². The summed E-state index contributed by atoms with van der Waals surface area (Å²) >= 11 is 1.19. The van der Waals surface area contributed by atoms with E-state index in [9.17, 15) is 4.79 Å². The van der Waals surface area contributed by atoms with Crippen molar-refractivity contribution in [3.8, 4) is 11.3 Å². The van der Waals surface area contributed by atoms with Gasteiger partial charge in [-0.1, -0.05) is 54.2 Å². The van der Waals surface area contributed by atoms with Crippen molar-refractivity contribution in [3.63, 3.8) is 0 Å². The van der Waals surface area contributed by atoms with Gasteiger partial charge in [-0.15, -0.1) is 0 Å². The molecule has 33 heavy (non-hydrogen) atoms.